The molecule has 2 aliphatic carbocycles. The number of nitrogens with zero attached hydrogens (tertiary/aromatic N) is 2. The lowest BCUT2D eigenvalue weighted by Gasteiger charge is -2.42. The summed E-state index contributed by atoms with van der Waals surface area (Å²) in [5, 5.41) is 2.49. The highest BCUT2D eigenvalue weighted by atomic mass is 15.2. The summed E-state index contributed by atoms with van der Waals surface area (Å²) in [7, 11) is 0. The van der Waals surface area contributed by atoms with Gasteiger partial charge in [-0.05, 0) is 147 Å². The number of hydrogen-bond acceptors (Lipinski definition) is 2. The Bertz CT molecular complexity index is 3550. The standard InChI is InChI=1S/C68H54N2/c1-48-21-17-36-65-67(48)62-38-37-55(47-66(62)69(65)64-35-20-29-52-28-13-14-34-61(52)64)57-43-58(63(41-49-22-7-3-8-23-49)56-32-18-30-53(42-56)50-24-9-4-10-25-50)46-60(45-57)70(68(2)39-15-6-16-40-68)59-33-19-31-54(44-59)51-26-11-5-12-27-51/h3-39,41-48,67H,40H2,1-2H3. The SMILES string of the molecule is CC1C=CC=C2C1c1ccc(-c3cc(C(=Cc4ccccc4)c4cccc(-c5ccccc5)c4)cc(N(c4cccc(-c5ccccc5)c4)C4(C)C=CC=CC4)c3)cc1N2c1cccc2ccccc12. The van der Waals surface area contributed by atoms with Crippen molar-refractivity contribution in [3.05, 3.63) is 289 Å². The molecule has 2 nitrogen and oxygen atoms in total. The Morgan fingerprint density at radius 2 is 1.17 bits per heavy atom. The first-order valence-electron chi connectivity index (χ1n) is 24.7. The highest BCUT2D eigenvalue weighted by molar-refractivity contribution is 6.00. The van der Waals surface area contributed by atoms with E-state index in [1.54, 1.807) is 0 Å². The van der Waals surface area contributed by atoms with E-state index >= 15 is 0 Å². The lowest BCUT2D eigenvalue weighted by Crippen LogP contribution is -2.42. The molecule has 0 bridgehead atoms. The van der Waals surface area contributed by atoms with Gasteiger partial charge in [0.15, 0.2) is 0 Å². The lowest BCUT2D eigenvalue weighted by molar-refractivity contribution is 0.570. The van der Waals surface area contributed by atoms with Crippen LogP contribution in [0.25, 0.3) is 55.8 Å². The van der Waals surface area contributed by atoms with Crippen LogP contribution in [0.2, 0.25) is 0 Å². The van der Waals surface area contributed by atoms with Crippen LogP contribution >= 0.6 is 0 Å². The third-order valence-electron chi connectivity index (χ3n) is 14.6. The Hall–Kier alpha value is -8.46. The molecule has 12 rings (SSSR count). The van der Waals surface area contributed by atoms with Crippen LogP contribution in [0.5, 0.6) is 0 Å². The number of allylic oxidation sites excluding steroid dienone is 6. The second kappa shape index (κ2) is 18.2. The number of benzene rings is 9. The largest absolute Gasteiger partial charge is 0.332 e. The summed E-state index contributed by atoms with van der Waals surface area (Å²) in [6.45, 7) is 4.74. The van der Waals surface area contributed by atoms with Crippen molar-refractivity contribution in [1.82, 2.24) is 0 Å². The van der Waals surface area contributed by atoms with E-state index < -0.39 is 0 Å². The van der Waals surface area contributed by atoms with Gasteiger partial charge in [0.05, 0.1) is 16.9 Å². The van der Waals surface area contributed by atoms with Crippen LogP contribution in [-0.2, 0) is 0 Å². The van der Waals surface area contributed by atoms with Crippen molar-refractivity contribution in [2.75, 3.05) is 9.80 Å². The Labute approximate surface area is 412 Å². The van der Waals surface area contributed by atoms with Crippen LogP contribution in [-0.4, -0.2) is 5.54 Å². The van der Waals surface area contributed by atoms with Crippen molar-refractivity contribution in [2.24, 2.45) is 5.92 Å². The van der Waals surface area contributed by atoms with E-state index in [9.17, 15) is 0 Å². The third-order valence-corrected chi connectivity index (χ3v) is 14.6. The number of hydrogen-bond donors (Lipinski definition) is 0. The van der Waals surface area contributed by atoms with Crippen molar-refractivity contribution in [1.29, 1.82) is 0 Å². The molecule has 0 radical (unpaired) electrons. The smallest absolute Gasteiger partial charge is 0.0642 e. The van der Waals surface area contributed by atoms with E-state index in [-0.39, 0.29) is 11.5 Å². The summed E-state index contributed by atoms with van der Waals surface area (Å²) < 4.78 is 0. The molecular weight excluding hydrogens is 845 g/mol. The minimum atomic E-state index is -0.370. The van der Waals surface area contributed by atoms with Crippen LogP contribution in [0.15, 0.2) is 267 Å². The maximum atomic E-state index is 2.58. The van der Waals surface area contributed by atoms with E-state index in [0.717, 1.165) is 45.6 Å². The summed E-state index contributed by atoms with van der Waals surface area (Å²) in [5.74, 6) is 0.612. The Kier molecular flexibility index (Phi) is 11.2. The zero-order chi connectivity index (χ0) is 47.0. The zero-order valence-electron chi connectivity index (χ0n) is 39.7. The molecule has 0 amide bonds. The van der Waals surface area contributed by atoms with Gasteiger partial charge in [-0.15, -0.1) is 0 Å². The normalized spacial score (nSPS) is 18.1. The van der Waals surface area contributed by atoms with Gasteiger partial charge in [0.1, 0.15) is 0 Å². The van der Waals surface area contributed by atoms with Gasteiger partial charge in [-0.25, -0.2) is 0 Å². The molecule has 9 aromatic rings. The second-order valence-electron chi connectivity index (χ2n) is 19.2. The van der Waals surface area contributed by atoms with Crippen molar-refractivity contribution >= 4 is 45.2 Å². The Morgan fingerprint density at radius 1 is 0.529 bits per heavy atom. The Balaban J connectivity index is 1.11. The number of fused-ring (bicyclic) bond motifs is 4. The molecule has 1 heterocycles. The van der Waals surface area contributed by atoms with E-state index in [1.165, 1.54) is 61.2 Å². The molecule has 3 unspecified atom stereocenters. The molecule has 70 heavy (non-hydrogen) atoms. The quantitative estimate of drug-likeness (QED) is 0.126. The minimum absolute atomic E-state index is 0.255. The van der Waals surface area contributed by atoms with Gasteiger partial charge in [-0.3, -0.25) is 0 Å². The van der Waals surface area contributed by atoms with Gasteiger partial charge in [0, 0.05) is 28.4 Å². The molecule has 2 heteroatoms. The Morgan fingerprint density at radius 3 is 1.94 bits per heavy atom. The van der Waals surface area contributed by atoms with Crippen molar-refractivity contribution in [2.45, 2.75) is 31.7 Å². The molecule has 0 fully saturated rings. The van der Waals surface area contributed by atoms with Crippen LogP contribution in [0.1, 0.15) is 48.4 Å². The number of rotatable bonds is 10. The molecular formula is C68H54N2. The highest BCUT2D eigenvalue weighted by Gasteiger charge is 2.39. The summed E-state index contributed by atoms with van der Waals surface area (Å²) in [4.78, 5) is 5.13. The van der Waals surface area contributed by atoms with Gasteiger partial charge in [0.25, 0.3) is 0 Å². The van der Waals surface area contributed by atoms with E-state index in [4.69, 9.17) is 0 Å². The maximum Gasteiger partial charge on any atom is 0.0642 e. The van der Waals surface area contributed by atoms with E-state index in [1.807, 2.05) is 0 Å². The molecule has 0 saturated heterocycles. The maximum absolute atomic E-state index is 2.58. The van der Waals surface area contributed by atoms with Gasteiger partial charge < -0.3 is 9.80 Å². The van der Waals surface area contributed by atoms with Gasteiger partial charge in [-0.2, -0.15) is 0 Å². The fourth-order valence-corrected chi connectivity index (χ4v) is 11.1. The predicted molar refractivity (Wildman–Crippen MR) is 298 cm³/mol. The zero-order valence-corrected chi connectivity index (χ0v) is 39.7. The molecule has 0 spiro atoms. The van der Waals surface area contributed by atoms with Crippen LogP contribution < -0.4 is 9.80 Å². The van der Waals surface area contributed by atoms with Crippen molar-refractivity contribution in [3.63, 3.8) is 0 Å². The molecule has 336 valence electrons. The molecule has 0 aromatic heterocycles. The molecule has 0 N–H and O–H groups in total. The van der Waals surface area contributed by atoms with Gasteiger partial charge >= 0.3 is 0 Å². The number of anilines is 4. The van der Waals surface area contributed by atoms with Gasteiger partial charge in [0.2, 0.25) is 0 Å². The first-order valence-corrected chi connectivity index (χ1v) is 24.7. The first-order chi connectivity index (χ1) is 34.5. The first kappa shape index (κ1) is 42.9. The molecule has 3 atom stereocenters. The summed E-state index contributed by atoms with van der Waals surface area (Å²) in [5.41, 5.74) is 18.7. The second-order valence-corrected chi connectivity index (χ2v) is 19.2. The lowest BCUT2D eigenvalue weighted by atomic mass is 9.83. The molecule has 0 saturated carbocycles. The predicted octanol–water partition coefficient (Wildman–Crippen LogP) is 18.2. The van der Waals surface area contributed by atoms with Crippen LogP contribution in [0.4, 0.5) is 22.7 Å². The average Bonchev–Trinajstić information content (AvgIpc) is 3.75. The topological polar surface area (TPSA) is 6.48 Å². The van der Waals surface area contributed by atoms with Crippen molar-refractivity contribution in [3.8, 4) is 33.4 Å². The highest BCUT2D eigenvalue weighted by Crippen LogP contribution is 2.55. The van der Waals surface area contributed by atoms with E-state index in [0.29, 0.717) is 5.92 Å². The summed E-state index contributed by atoms with van der Waals surface area (Å²) in [6.07, 6.45) is 19.2. The van der Waals surface area contributed by atoms with Crippen LogP contribution in [0.3, 0.4) is 0 Å². The van der Waals surface area contributed by atoms with Gasteiger partial charge in [-0.1, -0.05) is 213 Å². The minimum Gasteiger partial charge on any atom is -0.332 e. The monoisotopic (exact) mass is 898 g/mol. The molecule has 3 aliphatic rings. The fourth-order valence-electron chi connectivity index (χ4n) is 11.1. The summed E-state index contributed by atoms with van der Waals surface area (Å²) in [6, 6.07) is 80.5. The third kappa shape index (κ3) is 8.02. The molecule has 9 aromatic carbocycles. The van der Waals surface area contributed by atoms with E-state index in [2.05, 4.69) is 291 Å². The average molecular weight is 899 g/mol. The van der Waals surface area contributed by atoms with Crippen molar-refractivity contribution < 1.29 is 0 Å². The molecule has 1 aliphatic heterocycles. The fraction of sp³-hybridized carbons (Fsp3) is 0.0882. The summed E-state index contributed by atoms with van der Waals surface area (Å²) >= 11 is 0. The van der Waals surface area contributed by atoms with Crippen LogP contribution in [0, 0.1) is 5.92 Å².